The number of hydrogen-bond donors (Lipinski definition) is 1. The molecular formula is C16H25N3O. The normalized spacial score (nSPS) is 22.9. The molecule has 4 nitrogen and oxygen atoms in total. The Labute approximate surface area is 121 Å². The van der Waals surface area contributed by atoms with Crippen molar-refractivity contribution in [1.82, 2.24) is 15.3 Å². The Hall–Kier alpha value is -1.16. The summed E-state index contributed by atoms with van der Waals surface area (Å²) in [5, 5.41) is 3.46. The molecule has 1 aliphatic carbocycles. The minimum Gasteiger partial charge on any atom is -0.477 e. The minimum atomic E-state index is 0.768. The summed E-state index contributed by atoms with van der Waals surface area (Å²) >= 11 is 0. The van der Waals surface area contributed by atoms with Crippen molar-refractivity contribution in [3.8, 4) is 5.88 Å². The average molecular weight is 275 g/mol. The van der Waals surface area contributed by atoms with Crippen LogP contribution in [0.15, 0.2) is 6.33 Å². The van der Waals surface area contributed by atoms with Crippen LogP contribution in [-0.4, -0.2) is 29.7 Å². The minimum absolute atomic E-state index is 0.768. The van der Waals surface area contributed by atoms with Crippen molar-refractivity contribution >= 4 is 0 Å². The van der Waals surface area contributed by atoms with E-state index in [9.17, 15) is 0 Å². The Morgan fingerprint density at radius 3 is 3.00 bits per heavy atom. The van der Waals surface area contributed by atoms with Crippen LogP contribution in [0.25, 0.3) is 0 Å². The van der Waals surface area contributed by atoms with E-state index < -0.39 is 0 Å². The first kappa shape index (κ1) is 13.8. The molecule has 1 aliphatic heterocycles. The van der Waals surface area contributed by atoms with Crippen LogP contribution in [0.2, 0.25) is 0 Å². The first-order chi connectivity index (χ1) is 9.93. The monoisotopic (exact) mass is 275 g/mol. The molecule has 0 radical (unpaired) electrons. The molecule has 0 saturated carbocycles. The topological polar surface area (TPSA) is 47.0 Å². The van der Waals surface area contributed by atoms with Gasteiger partial charge in [-0.2, -0.15) is 0 Å². The van der Waals surface area contributed by atoms with Crippen LogP contribution in [0.4, 0.5) is 0 Å². The zero-order valence-electron chi connectivity index (χ0n) is 12.2. The van der Waals surface area contributed by atoms with Gasteiger partial charge in [0.15, 0.2) is 0 Å². The summed E-state index contributed by atoms with van der Waals surface area (Å²) < 4.78 is 5.98. The summed E-state index contributed by atoms with van der Waals surface area (Å²) in [4.78, 5) is 8.80. The molecule has 1 aromatic rings. The molecule has 2 aliphatic rings. The molecule has 3 rings (SSSR count). The highest BCUT2D eigenvalue weighted by Gasteiger charge is 2.17. The molecule has 0 spiro atoms. The van der Waals surface area contributed by atoms with Gasteiger partial charge in [-0.05, 0) is 64.0 Å². The van der Waals surface area contributed by atoms with Crippen molar-refractivity contribution in [3.63, 3.8) is 0 Å². The number of nitrogens with zero attached hydrogens (tertiary/aromatic N) is 2. The lowest BCUT2D eigenvalue weighted by Gasteiger charge is -2.22. The first-order valence-electron chi connectivity index (χ1n) is 8.10. The predicted octanol–water partition coefficient (Wildman–Crippen LogP) is 2.51. The molecule has 4 heteroatoms. The maximum absolute atomic E-state index is 5.98. The maximum Gasteiger partial charge on any atom is 0.219 e. The van der Waals surface area contributed by atoms with E-state index in [0.717, 1.165) is 44.2 Å². The molecule has 0 amide bonds. The van der Waals surface area contributed by atoms with Crippen molar-refractivity contribution < 1.29 is 4.74 Å². The fourth-order valence-corrected chi connectivity index (χ4v) is 3.28. The van der Waals surface area contributed by atoms with Crippen molar-refractivity contribution in [3.05, 3.63) is 17.6 Å². The number of ether oxygens (including phenoxy) is 1. The van der Waals surface area contributed by atoms with Crippen LogP contribution >= 0.6 is 0 Å². The molecule has 1 atom stereocenters. The van der Waals surface area contributed by atoms with Crippen LogP contribution in [-0.2, 0) is 12.8 Å². The molecule has 1 saturated heterocycles. The third kappa shape index (κ3) is 3.48. The summed E-state index contributed by atoms with van der Waals surface area (Å²) in [6.07, 6.45) is 11.4. The third-order valence-electron chi connectivity index (χ3n) is 4.50. The predicted molar refractivity (Wildman–Crippen MR) is 79.0 cm³/mol. The van der Waals surface area contributed by atoms with Gasteiger partial charge in [0.25, 0.3) is 0 Å². The van der Waals surface area contributed by atoms with Crippen LogP contribution in [0.1, 0.15) is 49.8 Å². The van der Waals surface area contributed by atoms with Crippen molar-refractivity contribution in [2.45, 2.75) is 51.4 Å². The molecule has 1 aromatic heterocycles. The molecule has 1 N–H and O–H groups in total. The van der Waals surface area contributed by atoms with E-state index >= 15 is 0 Å². The Balaban J connectivity index is 1.57. The van der Waals surface area contributed by atoms with E-state index in [1.54, 1.807) is 6.33 Å². The van der Waals surface area contributed by atoms with Gasteiger partial charge < -0.3 is 10.1 Å². The summed E-state index contributed by atoms with van der Waals surface area (Å²) in [7, 11) is 0. The SMILES string of the molecule is c1nc2c(c(OCCC3CCCNC3)n1)CCCCC2. The van der Waals surface area contributed by atoms with Crippen LogP contribution in [0.5, 0.6) is 5.88 Å². The van der Waals surface area contributed by atoms with E-state index in [4.69, 9.17) is 4.74 Å². The molecule has 1 unspecified atom stereocenters. The lowest BCUT2D eigenvalue weighted by molar-refractivity contribution is 0.245. The van der Waals surface area contributed by atoms with Gasteiger partial charge in [0.1, 0.15) is 6.33 Å². The number of aryl methyl sites for hydroxylation is 1. The third-order valence-corrected chi connectivity index (χ3v) is 4.50. The molecule has 1 fully saturated rings. The van der Waals surface area contributed by atoms with Gasteiger partial charge in [0.05, 0.1) is 12.3 Å². The van der Waals surface area contributed by atoms with E-state index in [1.165, 1.54) is 49.9 Å². The highest BCUT2D eigenvalue weighted by atomic mass is 16.5. The zero-order chi connectivity index (χ0) is 13.6. The molecule has 20 heavy (non-hydrogen) atoms. The lowest BCUT2D eigenvalue weighted by atomic mass is 9.97. The molecule has 0 bridgehead atoms. The molecule has 2 heterocycles. The van der Waals surface area contributed by atoms with Crippen LogP contribution in [0, 0.1) is 5.92 Å². The Morgan fingerprint density at radius 1 is 1.15 bits per heavy atom. The summed E-state index contributed by atoms with van der Waals surface area (Å²) in [5.41, 5.74) is 2.48. The van der Waals surface area contributed by atoms with Crippen LogP contribution in [0.3, 0.4) is 0 Å². The van der Waals surface area contributed by atoms with Gasteiger partial charge in [-0.15, -0.1) is 0 Å². The maximum atomic E-state index is 5.98. The summed E-state index contributed by atoms with van der Waals surface area (Å²) in [6, 6.07) is 0. The molecular weight excluding hydrogens is 250 g/mol. The zero-order valence-corrected chi connectivity index (χ0v) is 12.2. The van der Waals surface area contributed by atoms with Gasteiger partial charge in [0, 0.05) is 5.56 Å². The van der Waals surface area contributed by atoms with Gasteiger partial charge in [0.2, 0.25) is 5.88 Å². The van der Waals surface area contributed by atoms with Crippen LogP contribution < -0.4 is 10.1 Å². The number of piperidine rings is 1. The van der Waals surface area contributed by atoms with Crippen molar-refractivity contribution in [2.24, 2.45) is 5.92 Å². The van der Waals surface area contributed by atoms with E-state index in [0.29, 0.717) is 0 Å². The summed E-state index contributed by atoms with van der Waals surface area (Å²) in [5.74, 6) is 1.62. The smallest absolute Gasteiger partial charge is 0.219 e. The lowest BCUT2D eigenvalue weighted by Crippen LogP contribution is -2.30. The van der Waals surface area contributed by atoms with E-state index in [2.05, 4.69) is 15.3 Å². The highest BCUT2D eigenvalue weighted by molar-refractivity contribution is 5.30. The number of rotatable bonds is 4. The van der Waals surface area contributed by atoms with Gasteiger partial charge >= 0.3 is 0 Å². The average Bonchev–Trinajstić information content (AvgIpc) is 2.74. The highest BCUT2D eigenvalue weighted by Crippen LogP contribution is 2.25. The second-order valence-electron chi connectivity index (χ2n) is 6.01. The Kier molecular flexibility index (Phi) is 4.85. The molecule has 110 valence electrons. The summed E-state index contributed by atoms with van der Waals surface area (Å²) in [6.45, 7) is 3.11. The Morgan fingerprint density at radius 2 is 2.10 bits per heavy atom. The number of hydrogen-bond acceptors (Lipinski definition) is 4. The number of aromatic nitrogens is 2. The van der Waals surface area contributed by atoms with E-state index in [-0.39, 0.29) is 0 Å². The van der Waals surface area contributed by atoms with Gasteiger partial charge in [-0.1, -0.05) is 6.42 Å². The van der Waals surface area contributed by atoms with Crippen molar-refractivity contribution in [1.29, 1.82) is 0 Å². The first-order valence-corrected chi connectivity index (χ1v) is 8.10. The van der Waals surface area contributed by atoms with Gasteiger partial charge in [-0.3, -0.25) is 0 Å². The second kappa shape index (κ2) is 7.02. The second-order valence-corrected chi connectivity index (χ2v) is 6.01. The van der Waals surface area contributed by atoms with E-state index in [1.807, 2.05) is 0 Å². The standard InChI is InChI=1S/C16H25N3O/c1-2-6-14-15(7-3-1)18-12-19-16(14)20-10-8-13-5-4-9-17-11-13/h12-13,17H,1-11H2. The fraction of sp³-hybridized carbons (Fsp3) is 0.750. The fourth-order valence-electron chi connectivity index (χ4n) is 3.28. The number of fused-ring (bicyclic) bond motifs is 1. The quantitative estimate of drug-likeness (QED) is 0.858. The van der Waals surface area contributed by atoms with Gasteiger partial charge in [-0.25, -0.2) is 9.97 Å². The Bertz CT molecular complexity index is 430. The molecule has 0 aromatic carbocycles. The largest absolute Gasteiger partial charge is 0.477 e. The van der Waals surface area contributed by atoms with Crippen molar-refractivity contribution in [2.75, 3.05) is 19.7 Å². The number of nitrogens with one attached hydrogen (secondary N) is 1.